The molecule has 2 aliphatic heterocycles. The summed E-state index contributed by atoms with van der Waals surface area (Å²) in [5.74, 6) is 1.90. The van der Waals surface area contributed by atoms with E-state index in [-0.39, 0.29) is 36.3 Å². The largest absolute Gasteiger partial charge is 0.372 e. The second-order valence-electron chi connectivity index (χ2n) is 10.7. The van der Waals surface area contributed by atoms with Gasteiger partial charge in [-0.2, -0.15) is 0 Å². The highest BCUT2D eigenvalue weighted by Crippen LogP contribution is 2.30. The number of anilines is 4. The lowest BCUT2D eigenvalue weighted by molar-refractivity contribution is -0.00575. The summed E-state index contributed by atoms with van der Waals surface area (Å²) in [6.45, 7) is 11.3. The number of nitrogens with two attached hydrogens (primary N) is 2. The Labute approximate surface area is 246 Å². The molecule has 4 heterocycles. The van der Waals surface area contributed by atoms with E-state index >= 15 is 0 Å². The summed E-state index contributed by atoms with van der Waals surface area (Å²) in [7, 11) is 0. The molecule has 2 saturated heterocycles. The van der Waals surface area contributed by atoms with E-state index < -0.39 is 0 Å². The molecule has 42 heavy (non-hydrogen) atoms. The molecule has 0 spiro atoms. The number of benzene rings is 2. The van der Waals surface area contributed by atoms with E-state index in [0.29, 0.717) is 0 Å². The zero-order valence-corrected chi connectivity index (χ0v) is 24.5. The average molecular weight is 571 g/mol. The molecule has 4 N–H and O–H groups in total. The van der Waals surface area contributed by atoms with E-state index in [1.165, 1.54) is 0 Å². The van der Waals surface area contributed by atoms with Crippen LogP contribution in [0.1, 0.15) is 27.7 Å². The Morgan fingerprint density at radius 2 is 0.881 bits per heavy atom. The van der Waals surface area contributed by atoms with E-state index in [1.807, 2.05) is 60.7 Å². The summed E-state index contributed by atoms with van der Waals surface area (Å²) in [6, 6.07) is 19.8. The number of nitrogens with zero attached hydrogens (tertiary/aromatic N) is 8. The van der Waals surface area contributed by atoms with Gasteiger partial charge in [0.2, 0.25) is 11.9 Å². The Hall–Kier alpha value is -4.42. The van der Waals surface area contributed by atoms with Crippen LogP contribution in [0, 0.1) is 0 Å². The number of nitrogen functional groups attached to an aromatic ring is 2. The molecule has 4 unspecified atom stereocenters. The van der Waals surface area contributed by atoms with Gasteiger partial charge in [-0.3, -0.25) is 0 Å². The molecule has 0 amide bonds. The predicted molar refractivity (Wildman–Crippen MR) is 164 cm³/mol. The molecule has 0 bridgehead atoms. The third-order valence-corrected chi connectivity index (χ3v) is 6.90. The molecule has 2 aromatic carbocycles. The van der Waals surface area contributed by atoms with E-state index in [4.69, 9.17) is 20.9 Å². The van der Waals surface area contributed by atoms with Gasteiger partial charge in [0.25, 0.3) is 0 Å². The van der Waals surface area contributed by atoms with Gasteiger partial charge < -0.3 is 30.7 Å². The number of morpholine rings is 2. The van der Waals surface area contributed by atoms with Crippen LogP contribution in [0.4, 0.5) is 23.5 Å². The lowest BCUT2D eigenvalue weighted by Crippen LogP contribution is -2.46. The molecule has 0 aliphatic carbocycles. The van der Waals surface area contributed by atoms with Crippen LogP contribution >= 0.6 is 0 Å². The molecule has 4 aromatic rings. The molecule has 4 atom stereocenters. The minimum absolute atomic E-state index is 0.150. The lowest BCUT2D eigenvalue weighted by Gasteiger charge is -2.36. The zero-order valence-electron chi connectivity index (χ0n) is 24.5. The molecule has 2 fully saturated rings. The Bertz CT molecular complexity index is 1330. The molecule has 6 rings (SSSR count). The lowest BCUT2D eigenvalue weighted by atomic mass is 10.1. The molecule has 12 nitrogen and oxygen atoms in total. The first-order chi connectivity index (χ1) is 20.3. The summed E-state index contributed by atoms with van der Waals surface area (Å²) >= 11 is 0. The van der Waals surface area contributed by atoms with Crippen molar-refractivity contribution in [2.45, 2.75) is 52.1 Å². The van der Waals surface area contributed by atoms with Gasteiger partial charge in [-0.15, -0.1) is 20.4 Å². The molecular formula is C30H38N10O2. The Morgan fingerprint density at radius 3 is 1.21 bits per heavy atom. The standard InChI is InChI=1S/2C15H19N5O/c2*1-10-8-20(9-11(2)21-10)14-13(17-15(16)19-18-14)12-6-4-3-5-7-12/h2*3-7,10-11H,8-9H2,1-2H3,(H2,16,17,19). The molecular weight excluding hydrogens is 532 g/mol. The number of ether oxygens (including phenoxy) is 2. The van der Waals surface area contributed by atoms with Gasteiger partial charge in [0.05, 0.1) is 24.4 Å². The van der Waals surface area contributed by atoms with Gasteiger partial charge in [0.15, 0.2) is 11.6 Å². The van der Waals surface area contributed by atoms with Gasteiger partial charge in [-0.25, -0.2) is 9.97 Å². The molecule has 2 aromatic heterocycles. The third-order valence-electron chi connectivity index (χ3n) is 6.90. The van der Waals surface area contributed by atoms with Gasteiger partial charge in [0, 0.05) is 37.3 Å². The normalized spacial score (nSPS) is 22.3. The fraction of sp³-hybridized carbons (Fsp3) is 0.400. The van der Waals surface area contributed by atoms with Crippen LogP contribution in [0.15, 0.2) is 60.7 Å². The molecule has 2 aliphatic rings. The minimum atomic E-state index is 0.150. The monoisotopic (exact) mass is 570 g/mol. The van der Waals surface area contributed by atoms with Crippen molar-refractivity contribution in [2.24, 2.45) is 0 Å². The van der Waals surface area contributed by atoms with Crippen molar-refractivity contribution >= 4 is 23.5 Å². The summed E-state index contributed by atoms with van der Waals surface area (Å²) in [4.78, 5) is 13.1. The van der Waals surface area contributed by atoms with Crippen molar-refractivity contribution in [2.75, 3.05) is 47.4 Å². The Kier molecular flexibility index (Phi) is 9.03. The number of aromatic nitrogens is 6. The average Bonchev–Trinajstić information content (AvgIpc) is 2.97. The van der Waals surface area contributed by atoms with Gasteiger partial charge in [-0.05, 0) is 27.7 Å². The summed E-state index contributed by atoms with van der Waals surface area (Å²) in [5, 5.41) is 16.4. The van der Waals surface area contributed by atoms with Crippen LogP contribution in [-0.4, -0.2) is 81.0 Å². The predicted octanol–water partition coefficient (Wildman–Crippen LogP) is 3.47. The minimum Gasteiger partial charge on any atom is -0.372 e. The first-order valence-corrected chi connectivity index (χ1v) is 14.2. The quantitative estimate of drug-likeness (QED) is 0.369. The molecule has 12 heteroatoms. The van der Waals surface area contributed by atoms with Gasteiger partial charge >= 0.3 is 0 Å². The van der Waals surface area contributed by atoms with Crippen molar-refractivity contribution in [3.05, 3.63) is 60.7 Å². The summed E-state index contributed by atoms with van der Waals surface area (Å²) in [6.07, 6.45) is 0.599. The topological polar surface area (TPSA) is 154 Å². The highest BCUT2D eigenvalue weighted by Gasteiger charge is 2.27. The Morgan fingerprint density at radius 1 is 0.548 bits per heavy atom. The highest BCUT2D eigenvalue weighted by atomic mass is 16.5. The molecule has 0 saturated carbocycles. The Balaban J connectivity index is 0.000000168. The van der Waals surface area contributed by atoms with Crippen LogP contribution < -0.4 is 21.3 Å². The highest BCUT2D eigenvalue weighted by molar-refractivity contribution is 5.73. The number of rotatable bonds is 4. The van der Waals surface area contributed by atoms with Gasteiger partial charge in [0.1, 0.15) is 11.4 Å². The van der Waals surface area contributed by atoms with E-state index in [2.05, 4.69) is 67.9 Å². The second kappa shape index (κ2) is 13.0. The number of hydrogen-bond donors (Lipinski definition) is 2. The fourth-order valence-corrected chi connectivity index (χ4v) is 5.37. The maximum atomic E-state index is 5.77. The van der Waals surface area contributed by atoms with Crippen LogP contribution in [0.3, 0.4) is 0 Å². The second-order valence-corrected chi connectivity index (χ2v) is 10.7. The van der Waals surface area contributed by atoms with Crippen LogP contribution in [0.25, 0.3) is 22.5 Å². The summed E-state index contributed by atoms with van der Waals surface area (Å²) < 4.78 is 11.5. The number of hydrogen-bond acceptors (Lipinski definition) is 12. The maximum absolute atomic E-state index is 5.77. The van der Waals surface area contributed by atoms with Crippen LogP contribution in [-0.2, 0) is 9.47 Å². The van der Waals surface area contributed by atoms with E-state index in [1.54, 1.807) is 0 Å². The first-order valence-electron chi connectivity index (χ1n) is 14.2. The zero-order chi connectivity index (χ0) is 29.6. The fourth-order valence-electron chi connectivity index (χ4n) is 5.37. The van der Waals surface area contributed by atoms with Crippen molar-refractivity contribution in [3.8, 4) is 22.5 Å². The van der Waals surface area contributed by atoms with Crippen LogP contribution in [0.5, 0.6) is 0 Å². The first kappa shape index (κ1) is 29.1. The van der Waals surface area contributed by atoms with Crippen molar-refractivity contribution in [1.29, 1.82) is 0 Å². The SMILES string of the molecule is CC1CN(c2nnc(N)nc2-c2ccccc2)CC(C)O1.CC1CN(c2nnc(N)nc2-c2ccccc2)CC(C)O1. The molecule has 0 radical (unpaired) electrons. The van der Waals surface area contributed by atoms with E-state index in [9.17, 15) is 0 Å². The molecule has 220 valence electrons. The van der Waals surface area contributed by atoms with Crippen molar-refractivity contribution in [1.82, 2.24) is 30.4 Å². The van der Waals surface area contributed by atoms with Crippen molar-refractivity contribution < 1.29 is 9.47 Å². The smallest absolute Gasteiger partial charge is 0.240 e. The van der Waals surface area contributed by atoms with Crippen molar-refractivity contribution in [3.63, 3.8) is 0 Å². The summed E-state index contributed by atoms with van der Waals surface area (Å²) in [5.41, 5.74) is 15.0. The van der Waals surface area contributed by atoms with Gasteiger partial charge in [-0.1, -0.05) is 60.7 Å². The van der Waals surface area contributed by atoms with Crippen LogP contribution in [0.2, 0.25) is 0 Å². The third kappa shape index (κ3) is 7.07. The maximum Gasteiger partial charge on any atom is 0.240 e. The van der Waals surface area contributed by atoms with E-state index in [0.717, 1.165) is 60.3 Å².